The fraction of sp³-hybridized carbons (Fsp3) is 0.250. The number of hydrogen-bond donors (Lipinski definition) is 1. The number of halogens is 1. The Morgan fingerprint density at radius 2 is 2.00 bits per heavy atom. The summed E-state index contributed by atoms with van der Waals surface area (Å²) in [5.41, 5.74) is 7.60. The molecule has 0 aliphatic carbocycles. The Balaban J connectivity index is 1.66. The highest BCUT2D eigenvalue weighted by molar-refractivity contribution is 5.94. The molecule has 2 N–H and O–H groups in total. The Hall–Kier alpha value is -3.06. The Bertz CT molecular complexity index is 1090. The minimum Gasteiger partial charge on any atom is -0.336 e. The molecule has 3 heterocycles. The van der Waals surface area contributed by atoms with Crippen molar-refractivity contribution in [3.63, 3.8) is 0 Å². The maximum Gasteiger partial charge on any atom is 0.270 e. The Morgan fingerprint density at radius 1 is 1.22 bits per heavy atom. The van der Waals surface area contributed by atoms with Crippen LogP contribution in [0.15, 0.2) is 53.6 Å². The minimum atomic E-state index is -0.433. The van der Waals surface area contributed by atoms with E-state index in [9.17, 15) is 14.0 Å². The highest BCUT2D eigenvalue weighted by Crippen LogP contribution is 2.29. The zero-order chi connectivity index (χ0) is 19.1. The van der Waals surface area contributed by atoms with Gasteiger partial charge in [-0.3, -0.25) is 14.0 Å². The summed E-state index contributed by atoms with van der Waals surface area (Å²) in [6.07, 6.45) is 2.95. The molecule has 0 unspecified atom stereocenters. The lowest BCUT2D eigenvalue weighted by Gasteiger charge is -2.16. The van der Waals surface area contributed by atoms with Gasteiger partial charge in [0, 0.05) is 37.4 Å². The molecule has 2 atom stereocenters. The molecule has 7 heteroatoms. The molecule has 1 aromatic carbocycles. The van der Waals surface area contributed by atoms with Crippen molar-refractivity contribution in [1.82, 2.24) is 14.3 Å². The van der Waals surface area contributed by atoms with Crippen LogP contribution in [0.3, 0.4) is 0 Å². The van der Waals surface area contributed by atoms with Crippen LogP contribution in [0.5, 0.6) is 0 Å². The van der Waals surface area contributed by atoms with Crippen LogP contribution < -0.4 is 11.3 Å². The van der Waals surface area contributed by atoms with Crippen molar-refractivity contribution < 1.29 is 9.18 Å². The molecule has 1 aliphatic heterocycles. The highest BCUT2D eigenvalue weighted by Gasteiger charge is 2.36. The molecule has 1 fully saturated rings. The molecule has 27 heavy (non-hydrogen) atoms. The summed E-state index contributed by atoms with van der Waals surface area (Å²) in [7, 11) is 0. The van der Waals surface area contributed by atoms with E-state index in [0.717, 1.165) is 5.56 Å². The number of nitrogens with zero attached hydrogens (tertiary/aromatic N) is 3. The molecule has 3 aromatic rings. The van der Waals surface area contributed by atoms with Gasteiger partial charge in [0.25, 0.3) is 11.5 Å². The van der Waals surface area contributed by atoms with Crippen LogP contribution in [0.1, 0.15) is 27.4 Å². The second-order valence-electron chi connectivity index (χ2n) is 6.91. The number of amides is 1. The topological polar surface area (TPSA) is 80.7 Å². The van der Waals surface area contributed by atoms with Crippen LogP contribution in [-0.4, -0.2) is 39.3 Å². The van der Waals surface area contributed by atoms with Crippen molar-refractivity contribution in [2.24, 2.45) is 5.73 Å². The van der Waals surface area contributed by atoms with E-state index in [4.69, 9.17) is 5.73 Å². The zero-order valence-electron chi connectivity index (χ0n) is 14.8. The normalized spacial score (nSPS) is 19.6. The average Bonchev–Trinajstić information content (AvgIpc) is 3.04. The molecule has 138 valence electrons. The fourth-order valence-electron chi connectivity index (χ4n) is 3.60. The van der Waals surface area contributed by atoms with Crippen LogP contribution in [0.2, 0.25) is 0 Å². The van der Waals surface area contributed by atoms with Crippen LogP contribution in [0.4, 0.5) is 4.39 Å². The van der Waals surface area contributed by atoms with Gasteiger partial charge in [-0.15, -0.1) is 0 Å². The maximum atomic E-state index is 14.1. The van der Waals surface area contributed by atoms with Gasteiger partial charge in [-0.05, 0) is 30.2 Å². The monoisotopic (exact) mass is 366 g/mol. The van der Waals surface area contributed by atoms with Crippen molar-refractivity contribution in [3.8, 4) is 0 Å². The first-order chi connectivity index (χ1) is 13.0. The van der Waals surface area contributed by atoms with E-state index in [1.54, 1.807) is 30.5 Å². The quantitative estimate of drug-likeness (QED) is 0.749. The van der Waals surface area contributed by atoms with E-state index in [1.807, 2.05) is 13.0 Å². The smallest absolute Gasteiger partial charge is 0.270 e. The lowest BCUT2D eigenvalue weighted by atomic mass is 9.94. The predicted octanol–water partition coefficient (Wildman–Crippen LogP) is 1.71. The first-order valence-electron chi connectivity index (χ1n) is 8.73. The first kappa shape index (κ1) is 17.4. The van der Waals surface area contributed by atoms with E-state index in [2.05, 4.69) is 4.98 Å². The molecule has 0 bridgehead atoms. The first-order valence-corrected chi connectivity index (χ1v) is 8.73. The molecule has 0 radical (unpaired) electrons. The van der Waals surface area contributed by atoms with E-state index >= 15 is 0 Å². The number of fused-ring (bicyclic) bond motifs is 1. The fourth-order valence-corrected chi connectivity index (χ4v) is 3.60. The summed E-state index contributed by atoms with van der Waals surface area (Å²) in [6.45, 7) is 2.38. The molecular weight excluding hydrogens is 347 g/mol. The molecule has 0 saturated carbocycles. The van der Waals surface area contributed by atoms with Crippen molar-refractivity contribution in [2.45, 2.75) is 18.9 Å². The lowest BCUT2D eigenvalue weighted by Crippen LogP contribution is -2.36. The van der Waals surface area contributed by atoms with E-state index < -0.39 is 17.5 Å². The van der Waals surface area contributed by atoms with Crippen LogP contribution >= 0.6 is 0 Å². The maximum absolute atomic E-state index is 14.1. The number of rotatable bonds is 2. The third-order valence-corrected chi connectivity index (χ3v) is 5.04. The number of pyridine rings is 1. The molecule has 2 aromatic heterocycles. The van der Waals surface area contributed by atoms with E-state index in [-0.39, 0.29) is 30.4 Å². The minimum absolute atomic E-state index is 0.0144. The Labute approximate surface area is 155 Å². The Morgan fingerprint density at radius 3 is 2.78 bits per heavy atom. The van der Waals surface area contributed by atoms with Crippen LogP contribution in [0, 0.1) is 12.7 Å². The molecule has 6 nitrogen and oxygen atoms in total. The number of likely N-dealkylation sites (tertiary alicyclic amines) is 1. The van der Waals surface area contributed by atoms with Gasteiger partial charge in [-0.2, -0.15) is 0 Å². The summed E-state index contributed by atoms with van der Waals surface area (Å²) in [6, 6.07) is 9.61. The number of aryl methyl sites for hydroxylation is 1. The summed E-state index contributed by atoms with van der Waals surface area (Å²) >= 11 is 0. The van der Waals surface area contributed by atoms with Crippen molar-refractivity contribution in [2.75, 3.05) is 13.1 Å². The largest absolute Gasteiger partial charge is 0.336 e. The predicted molar refractivity (Wildman–Crippen MR) is 99.2 cm³/mol. The van der Waals surface area contributed by atoms with Gasteiger partial charge in [0.05, 0.1) is 0 Å². The summed E-state index contributed by atoms with van der Waals surface area (Å²) in [5.74, 6) is -1.08. The number of aromatic nitrogens is 2. The second kappa shape index (κ2) is 6.59. The number of nitrogens with two attached hydrogens (primary N) is 1. The van der Waals surface area contributed by atoms with Gasteiger partial charge in [-0.1, -0.05) is 24.3 Å². The number of carbonyl (C=O) groups is 1. The lowest BCUT2D eigenvalue weighted by molar-refractivity contribution is 0.0786. The number of carbonyl (C=O) groups excluding carboxylic acids is 1. The molecule has 1 aliphatic rings. The van der Waals surface area contributed by atoms with Gasteiger partial charge in [0.15, 0.2) is 0 Å². The SMILES string of the molecule is Cc1ccc2ncc(C(=O)N3C[C@@H](N)[C@H](c4ccccc4F)C3)c(=O)n2c1. The Kier molecular flexibility index (Phi) is 4.24. The van der Waals surface area contributed by atoms with E-state index in [1.165, 1.54) is 21.6 Å². The molecule has 0 spiro atoms. The molecule has 4 rings (SSSR count). The zero-order valence-corrected chi connectivity index (χ0v) is 14.8. The van der Waals surface area contributed by atoms with Crippen molar-refractivity contribution in [3.05, 3.63) is 81.7 Å². The van der Waals surface area contributed by atoms with Crippen LogP contribution in [-0.2, 0) is 0 Å². The van der Waals surface area contributed by atoms with Gasteiger partial charge in [0.1, 0.15) is 17.0 Å². The second-order valence-corrected chi connectivity index (χ2v) is 6.91. The third-order valence-electron chi connectivity index (χ3n) is 5.04. The average molecular weight is 366 g/mol. The molecule has 1 amide bonds. The van der Waals surface area contributed by atoms with Gasteiger partial charge in [-0.25, -0.2) is 9.37 Å². The number of hydrogen-bond acceptors (Lipinski definition) is 4. The van der Waals surface area contributed by atoms with Crippen molar-refractivity contribution in [1.29, 1.82) is 0 Å². The molecular formula is C20H19FN4O2. The summed E-state index contributed by atoms with van der Waals surface area (Å²) in [4.78, 5) is 31.4. The van der Waals surface area contributed by atoms with Crippen LogP contribution in [0.25, 0.3) is 5.65 Å². The molecule has 1 saturated heterocycles. The van der Waals surface area contributed by atoms with Gasteiger partial charge < -0.3 is 10.6 Å². The van der Waals surface area contributed by atoms with E-state index in [0.29, 0.717) is 11.2 Å². The summed E-state index contributed by atoms with van der Waals surface area (Å²) in [5, 5.41) is 0. The van der Waals surface area contributed by atoms with Crippen molar-refractivity contribution >= 4 is 11.6 Å². The summed E-state index contributed by atoms with van der Waals surface area (Å²) < 4.78 is 15.5. The standard InChI is InChI=1S/C20H19FN4O2/c1-12-6-7-18-23-8-14(20(27)25(18)9-12)19(26)24-10-15(17(22)11-24)13-4-2-3-5-16(13)21/h2-9,15,17H,10-11,22H2,1H3/t15-,17+/m0/s1. The van der Waals surface area contributed by atoms with Gasteiger partial charge in [0.2, 0.25) is 0 Å². The van der Waals surface area contributed by atoms with Gasteiger partial charge >= 0.3 is 0 Å². The number of benzene rings is 1. The third kappa shape index (κ3) is 3.00. The highest BCUT2D eigenvalue weighted by atomic mass is 19.1.